The van der Waals surface area contributed by atoms with Gasteiger partial charge in [-0.25, -0.2) is 0 Å². The molecule has 0 radical (unpaired) electrons. The molecule has 1 aliphatic rings. The number of carboxylic acids is 1. The maximum absolute atomic E-state index is 11.1. The minimum absolute atomic E-state index is 0.489. The van der Waals surface area contributed by atoms with Crippen LogP contribution < -0.4 is 0 Å². The molecule has 1 saturated heterocycles. The van der Waals surface area contributed by atoms with E-state index in [1.807, 2.05) is 11.8 Å². The van der Waals surface area contributed by atoms with Gasteiger partial charge in [0.15, 0.2) is 0 Å². The van der Waals surface area contributed by atoms with Gasteiger partial charge in [-0.3, -0.25) is 9.69 Å². The van der Waals surface area contributed by atoms with Crippen molar-refractivity contribution >= 4 is 5.97 Å². The molecule has 1 atom stereocenters. The normalized spacial score (nSPS) is 22.3. The van der Waals surface area contributed by atoms with Crippen LogP contribution in [0, 0.1) is 5.92 Å². The minimum Gasteiger partial charge on any atom is -0.480 e. The van der Waals surface area contributed by atoms with E-state index in [0.29, 0.717) is 5.92 Å². The van der Waals surface area contributed by atoms with Gasteiger partial charge in [-0.15, -0.1) is 0 Å². The Morgan fingerprint density at radius 2 is 2.27 bits per heavy atom. The lowest BCUT2D eigenvalue weighted by atomic mass is 10.00. The number of ether oxygens (including phenoxy) is 1. The molecule has 1 fully saturated rings. The lowest BCUT2D eigenvalue weighted by Crippen LogP contribution is -2.51. The van der Waals surface area contributed by atoms with Crippen LogP contribution in [0.5, 0.6) is 0 Å². The lowest BCUT2D eigenvalue weighted by Gasteiger charge is -2.35. The van der Waals surface area contributed by atoms with Crippen LogP contribution in [0.15, 0.2) is 0 Å². The van der Waals surface area contributed by atoms with E-state index < -0.39 is 11.5 Å². The second-order valence-electron chi connectivity index (χ2n) is 4.63. The maximum Gasteiger partial charge on any atom is 0.323 e. The molecular weight excluding hydrogens is 194 g/mol. The number of carbonyl (C=O) groups is 1. The van der Waals surface area contributed by atoms with Crippen molar-refractivity contribution in [2.24, 2.45) is 5.92 Å². The second-order valence-corrected chi connectivity index (χ2v) is 4.63. The van der Waals surface area contributed by atoms with Gasteiger partial charge < -0.3 is 9.84 Å². The van der Waals surface area contributed by atoms with Crippen molar-refractivity contribution in [1.29, 1.82) is 0 Å². The van der Waals surface area contributed by atoms with Crippen molar-refractivity contribution in [2.75, 3.05) is 26.3 Å². The zero-order valence-electron chi connectivity index (χ0n) is 9.82. The van der Waals surface area contributed by atoms with E-state index in [4.69, 9.17) is 9.84 Å². The number of hydrogen-bond donors (Lipinski definition) is 1. The Hall–Kier alpha value is -0.610. The van der Waals surface area contributed by atoms with Crippen molar-refractivity contribution in [3.63, 3.8) is 0 Å². The van der Waals surface area contributed by atoms with Crippen LogP contribution in [-0.2, 0) is 9.53 Å². The molecule has 4 heteroatoms. The first-order valence-electron chi connectivity index (χ1n) is 5.54. The molecule has 0 spiro atoms. The quantitative estimate of drug-likeness (QED) is 0.749. The number of likely N-dealkylation sites (N-methyl/N-ethyl adjacent to an activating group) is 1. The maximum atomic E-state index is 11.1. The zero-order chi connectivity index (χ0) is 11.5. The number of nitrogens with zero attached hydrogens (tertiary/aromatic N) is 1. The van der Waals surface area contributed by atoms with Gasteiger partial charge in [0.2, 0.25) is 0 Å². The van der Waals surface area contributed by atoms with Crippen molar-refractivity contribution in [1.82, 2.24) is 4.90 Å². The van der Waals surface area contributed by atoms with Crippen LogP contribution in [0.25, 0.3) is 0 Å². The molecule has 88 valence electrons. The van der Waals surface area contributed by atoms with E-state index in [2.05, 4.69) is 0 Å². The molecule has 1 aliphatic heterocycles. The standard InChI is InChI=1S/C11H21NO3/c1-4-12(11(2,3)10(13)14)7-9-5-6-15-8-9/h9H,4-8H2,1-3H3,(H,13,14). The molecule has 0 aromatic carbocycles. The van der Waals surface area contributed by atoms with Crippen LogP contribution in [0.4, 0.5) is 0 Å². The average molecular weight is 215 g/mol. The SMILES string of the molecule is CCN(CC1CCOC1)C(C)(C)C(=O)O. The summed E-state index contributed by atoms with van der Waals surface area (Å²) in [4.78, 5) is 13.1. The molecule has 0 aliphatic carbocycles. The van der Waals surface area contributed by atoms with E-state index >= 15 is 0 Å². The highest BCUT2D eigenvalue weighted by molar-refractivity contribution is 5.77. The van der Waals surface area contributed by atoms with Crippen LogP contribution in [-0.4, -0.2) is 47.8 Å². The summed E-state index contributed by atoms with van der Waals surface area (Å²) >= 11 is 0. The fourth-order valence-corrected chi connectivity index (χ4v) is 1.93. The Labute approximate surface area is 91.2 Å². The number of hydrogen-bond acceptors (Lipinski definition) is 3. The predicted octanol–water partition coefficient (Wildman–Crippen LogP) is 1.21. The molecule has 1 heterocycles. The molecule has 15 heavy (non-hydrogen) atoms. The lowest BCUT2D eigenvalue weighted by molar-refractivity contribution is -0.149. The number of rotatable bonds is 5. The van der Waals surface area contributed by atoms with Crippen molar-refractivity contribution in [2.45, 2.75) is 32.7 Å². The van der Waals surface area contributed by atoms with Gasteiger partial charge in [-0.1, -0.05) is 6.92 Å². The third-order valence-corrected chi connectivity index (χ3v) is 3.20. The van der Waals surface area contributed by atoms with Crippen molar-refractivity contribution in [3.8, 4) is 0 Å². The molecule has 1 N–H and O–H groups in total. The largest absolute Gasteiger partial charge is 0.480 e. The number of carboxylic acid groups (broad SMARTS) is 1. The fraction of sp³-hybridized carbons (Fsp3) is 0.909. The molecular formula is C11H21NO3. The van der Waals surface area contributed by atoms with E-state index in [1.54, 1.807) is 13.8 Å². The number of aliphatic carboxylic acids is 1. The van der Waals surface area contributed by atoms with E-state index in [1.165, 1.54) is 0 Å². The average Bonchev–Trinajstić information content (AvgIpc) is 2.65. The van der Waals surface area contributed by atoms with Gasteiger partial charge >= 0.3 is 5.97 Å². The molecule has 0 amide bonds. The van der Waals surface area contributed by atoms with Crippen LogP contribution in [0.1, 0.15) is 27.2 Å². The topological polar surface area (TPSA) is 49.8 Å². The first-order valence-corrected chi connectivity index (χ1v) is 5.54. The van der Waals surface area contributed by atoms with E-state index in [9.17, 15) is 4.79 Å². The Morgan fingerprint density at radius 3 is 2.67 bits per heavy atom. The van der Waals surface area contributed by atoms with Gasteiger partial charge in [0.05, 0.1) is 6.61 Å². The van der Waals surface area contributed by atoms with E-state index in [0.717, 1.165) is 32.7 Å². The molecule has 0 aromatic rings. The molecule has 1 unspecified atom stereocenters. The van der Waals surface area contributed by atoms with E-state index in [-0.39, 0.29) is 0 Å². The molecule has 0 saturated carbocycles. The molecule has 0 aromatic heterocycles. The summed E-state index contributed by atoms with van der Waals surface area (Å²) < 4.78 is 5.30. The highest BCUT2D eigenvalue weighted by Crippen LogP contribution is 2.20. The van der Waals surface area contributed by atoms with Crippen LogP contribution in [0.3, 0.4) is 0 Å². The summed E-state index contributed by atoms with van der Waals surface area (Å²) in [6, 6.07) is 0. The monoisotopic (exact) mass is 215 g/mol. The Morgan fingerprint density at radius 1 is 1.60 bits per heavy atom. The smallest absolute Gasteiger partial charge is 0.323 e. The van der Waals surface area contributed by atoms with Crippen molar-refractivity contribution < 1.29 is 14.6 Å². The van der Waals surface area contributed by atoms with Crippen molar-refractivity contribution in [3.05, 3.63) is 0 Å². The Balaban J connectivity index is 2.57. The predicted molar refractivity (Wildman–Crippen MR) is 57.9 cm³/mol. The zero-order valence-corrected chi connectivity index (χ0v) is 9.82. The molecule has 4 nitrogen and oxygen atoms in total. The minimum atomic E-state index is -0.780. The Kier molecular flexibility index (Phi) is 4.11. The highest BCUT2D eigenvalue weighted by Gasteiger charge is 2.35. The third-order valence-electron chi connectivity index (χ3n) is 3.20. The summed E-state index contributed by atoms with van der Waals surface area (Å²) in [6.07, 6.45) is 1.05. The van der Waals surface area contributed by atoms with Gasteiger partial charge in [0.1, 0.15) is 5.54 Å². The van der Waals surface area contributed by atoms with Gasteiger partial charge in [-0.05, 0) is 32.7 Å². The summed E-state index contributed by atoms with van der Waals surface area (Å²) in [5, 5.41) is 9.14. The summed E-state index contributed by atoms with van der Waals surface area (Å²) in [5.41, 5.74) is -0.780. The van der Waals surface area contributed by atoms with Crippen LogP contribution in [0.2, 0.25) is 0 Å². The third kappa shape index (κ3) is 2.92. The summed E-state index contributed by atoms with van der Waals surface area (Å²) in [6.45, 7) is 8.68. The molecule has 0 bridgehead atoms. The van der Waals surface area contributed by atoms with Gasteiger partial charge in [0, 0.05) is 13.2 Å². The Bertz CT molecular complexity index is 222. The summed E-state index contributed by atoms with van der Waals surface area (Å²) in [7, 11) is 0. The van der Waals surface area contributed by atoms with Gasteiger partial charge in [0.25, 0.3) is 0 Å². The van der Waals surface area contributed by atoms with Crippen LogP contribution >= 0.6 is 0 Å². The summed E-state index contributed by atoms with van der Waals surface area (Å²) in [5.74, 6) is -0.271. The fourth-order valence-electron chi connectivity index (χ4n) is 1.93. The van der Waals surface area contributed by atoms with Gasteiger partial charge in [-0.2, -0.15) is 0 Å². The molecule has 1 rings (SSSR count). The first-order chi connectivity index (χ1) is 6.98. The highest BCUT2D eigenvalue weighted by atomic mass is 16.5. The second kappa shape index (κ2) is 4.94. The first kappa shape index (κ1) is 12.5.